The first-order valence-electron chi connectivity index (χ1n) is 31.9. The van der Waals surface area contributed by atoms with Gasteiger partial charge in [-0.3, -0.25) is 37.7 Å². The Morgan fingerprint density at radius 1 is 0.491 bits per heavy atom. The predicted molar refractivity (Wildman–Crippen MR) is 385 cm³/mol. The normalized spacial score (nSPS) is 15.4. The molecule has 1 aliphatic heterocycles. The zero-order valence-corrected chi connectivity index (χ0v) is 61.4. The summed E-state index contributed by atoms with van der Waals surface area (Å²) in [5, 5.41) is 43.6. The van der Waals surface area contributed by atoms with Crippen molar-refractivity contribution in [2.24, 2.45) is 11.7 Å². The van der Waals surface area contributed by atoms with Crippen molar-refractivity contribution in [3.05, 3.63) is 251 Å². The van der Waals surface area contributed by atoms with E-state index in [9.17, 15) is 20.1 Å². The number of aliphatic carboxylic acids is 1. The fourth-order valence-electron chi connectivity index (χ4n) is 15.2. The summed E-state index contributed by atoms with van der Waals surface area (Å²) in [6, 6.07) is 11.3. The number of primary amides is 1. The molecular weight excluding hydrogens is 1600 g/mol. The van der Waals surface area contributed by atoms with Crippen molar-refractivity contribution in [2.75, 3.05) is 0 Å². The number of allylic oxidation sites excluding steroid dienone is 1. The molecule has 8 aromatic carbocycles. The Kier molecular flexibility index (Phi) is 19.9. The quantitative estimate of drug-likeness (QED) is 0.0343. The predicted octanol–water partition coefficient (Wildman–Crippen LogP) is 18.5. The van der Waals surface area contributed by atoms with E-state index in [2.05, 4.69) is 0 Å². The van der Waals surface area contributed by atoms with Gasteiger partial charge in [-0.05, 0) is 123 Å². The highest BCUT2D eigenvalue weighted by Gasteiger charge is 2.62. The summed E-state index contributed by atoms with van der Waals surface area (Å²) in [6.45, 7) is 3.89. The maximum atomic E-state index is 19.8. The maximum Gasteiger partial charge on any atom is 0.356 e. The second-order valence-electron chi connectivity index (χ2n) is 25.6. The van der Waals surface area contributed by atoms with Crippen LogP contribution >= 0.6 is 92.8 Å². The van der Waals surface area contributed by atoms with E-state index in [1.54, 1.807) is 0 Å². The molecule has 2 aliphatic rings. The van der Waals surface area contributed by atoms with Crippen LogP contribution in [0.15, 0.2) is 103 Å². The average molecular weight is 1640 g/mol. The van der Waals surface area contributed by atoms with Gasteiger partial charge in [-0.2, -0.15) is 4.48 Å². The van der Waals surface area contributed by atoms with E-state index < -0.39 is 244 Å². The third-order valence-corrected chi connectivity index (χ3v) is 22.9. The first kappa shape index (κ1) is 76.5. The standard InChI is InChI=1S/C75H45Cl8F8N5O12/c1-25-50(55-46(21-42(84)65(97)60(55)88)93(25)70(101)30-9-13-34(76)38(80)17-30)54(29-7-5-6-8-29)75(107)108-68-45(87)24-49-58(63(68)91)53(59(74(105)106)51-26(2)94(47-22-43(85)66(98)61(89)56(47)51)71(102)31-10-14-35(77)39(81)18-31)28(4)96(49,73(104)33-12-16-37(79)41(83)20-33)64(69(92)100)52-27(3)95(48-23-44(86)67(99)62(90)57(48)52)72(103)32-11-15-36(78)40(82)19-32/h9-24,29,54,59,64H,5-8H2,1-4H3,(H5-,92,97,98,99,100,105,106). The molecule has 0 spiro atoms. The van der Waals surface area contributed by atoms with Crippen LogP contribution in [0.5, 0.6) is 23.0 Å². The molecule has 4 atom stereocenters. The lowest BCUT2D eigenvalue weighted by Crippen LogP contribution is -2.58. The molecule has 13 rings (SSSR count). The van der Waals surface area contributed by atoms with Crippen LogP contribution < -0.4 is 20.1 Å². The number of fused-ring (bicyclic) bond motifs is 4. The summed E-state index contributed by atoms with van der Waals surface area (Å²) < 4.78 is 144. The number of nitrogens with zero attached hydrogens (tertiary/aromatic N) is 4. The van der Waals surface area contributed by atoms with Gasteiger partial charge in [-0.1, -0.05) is 106 Å². The van der Waals surface area contributed by atoms with Gasteiger partial charge in [0.15, 0.2) is 69.5 Å². The zero-order chi connectivity index (χ0) is 78.5. The first-order valence-corrected chi connectivity index (χ1v) is 34.9. The van der Waals surface area contributed by atoms with Gasteiger partial charge in [0.25, 0.3) is 23.6 Å². The van der Waals surface area contributed by atoms with E-state index in [1.165, 1.54) is 19.1 Å². The Hall–Kier alpha value is -9.67. The van der Waals surface area contributed by atoms with Crippen molar-refractivity contribution >= 4 is 178 Å². The molecule has 11 aromatic rings. The number of ether oxygens (including phenoxy) is 1. The van der Waals surface area contributed by atoms with Crippen LogP contribution in [0.4, 0.5) is 40.8 Å². The number of carbonyl (C=O) groups excluding carboxylic acids is 7. The number of phenols is 3. The van der Waals surface area contributed by atoms with Crippen LogP contribution in [0.3, 0.4) is 0 Å². The van der Waals surface area contributed by atoms with Gasteiger partial charge >= 0.3 is 11.9 Å². The van der Waals surface area contributed by atoms with Gasteiger partial charge < -0.3 is 35.7 Å². The topological polar surface area (TPSA) is 253 Å². The van der Waals surface area contributed by atoms with Gasteiger partial charge in [0.1, 0.15) is 5.70 Å². The number of hydrogen-bond acceptors (Lipinski definition) is 12. The largest absolute Gasteiger partial charge is 0.549 e. The van der Waals surface area contributed by atoms with Gasteiger partial charge in [0, 0.05) is 81.3 Å². The molecule has 0 bridgehead atoms. The average Bonchev–Trinajstić information content (AvgIpc) is 1.51. The monoisotopic (exact) mass is 1640 g/mol. The lowest BCUT2D eigenvalue weighted by Gasteiger charge is -2.39. The van der Waals surface area contributed by atoms with Crippen LogP contribution in [0.2, 0.25) is 40.2 Å². The molecule has 4 unspecified atom stereocenters. The molecule has 0 radical (unpaired) electrons. The van der Waals surface area contributed by atoms with E-state index in [0.29, 0.717) is 40.2 Å². The SMILES string of the molecule is CC1=C(C(C(=O)[O-])c2c(C)n(C(=O)c3ccc(Cl)c(Cl)c3)c3cc(F)c(O)c(F)c23)c2c(cc(F)c(OC(=O)C(c3c(C)n(C(=O)c4ccc(Cl)c(Cl)c4)c4cc(F)c(O)c(F)c34)C3CCCC3)c2F)[N+]1(C(=O)c1ccc(Cl)c(Cl)c1)C(C(N)=O)c1c(C)n(C(=O)c2ccc(Cl)c(Cl)c2)c2cc(F)c(O)c(F)c12. The fourth-order valence-corrected chi connectivity index (χ4v) is 16.4. The van der Waals surface area contributed by atoms with E-state index in [1.807, 2.05) is 0 Å². The molecule has 5 N–H and O–H groups in total. The first-order chi connectivity index (χ1) is 50.9. The van der Waals surface area contributed by atoms with Crippen molar-refractivity contribution in [3.8, 4) is 23.0 Å². The summed E-state index contributed by atoms with van der Waals surface area (Å²) in [7, 11) is 0. The fraction of sp³-hybridized carbons (Fsp3) is 0.160. The van der Waals surface area contributed by atoms with Crippen molar-refractivity contribution in [1.29, 1.82) is 0 Å². The Bertz CT molecular complexity index is 6000. The molecule has 33 heteroatoms. The number of hydrogen-bond donors (Lipinski definition) is 4. The molecule has 1 saturated carbocycles. The molecule has 0 saturated heterocycles. The van der Waals surface area contributed by atoms with Crippen molar-refractivity contribution in [3.63, 3.8) is 0 Å². The number of benzene rings is 8. The number of nitrogens with two attached hydrogens (primary N) is 1. The Morgan fingerprint density at radius 3 is 1.24 bits per heavy atom. The molecule has 3 aromatic heterocycles. The molecule has 2 amide bonds. The molecule has 1 fully saturated rings. The Balaban J connectivity index is 1.16. The minimum absolute atomic E-state index is 0.0205. The van der Waals surface area contributed by atoms with Crippen molar-refractivity contribution < 1.29 is 93.8 Å². The number of quaternary nitrogens is 1. The number of amides is 2. The number of carboxylic acids is 1. The minimum atomic E-state index is -3.08. The van der Waals surface area contributed by atoms with Gasteiger partial charge in [0.2, 0.25) is 11.8 Å². The van der Waals surface area contributed by atoms with Gasteiger partial charge in [-0.25, -0.2) is 39.9 Å². The van der Waals surface area contributed by atoms with E-state index >= 15 is 69.0 Å². The Labute approximate surface area is 643 Å². The highest BCUT2D eigenvalue weighted by atomic mass is 35.5. The maximum absolute atomic E-state index is 19.8. The summed E-state index contributed by atoms with van der Waals surface area (Å²) in [5.74, 6) is -39.9. The second-order valence-corrected chi connectivity index (χ2v) is 28.9. The number of rotatable bonds is 14. The number of phenolic OH excluding ortho intramolecular Hbond substituents is 3. The smallest absolute Gasteiger partial charge is 0.356 e. The second kappa shape index (κ2) is 28.1. The summed E-state index contributed by atoms with van der Waals surface area (Å²) in [6.07, 6.45) is 0.726. The number of halogens is 16. The zero-order valence-electron chi connectivity index (χ0n) is 55.3. The van der Waals surface area contributed by atoms with Crippen LogP contribution in [0.1, 0.15) is 131 Å². The minimum Gasteiger partial charge on any atom is -0.549 e. The van der Waals surface area contributed by atoms with Gasteiger partial charge in [0.05, 0.1) is 96.6 Å². The number of esters is 1. The highest BCUT2D eigenvalue weighted by Crippen LogP contribution is 2.61. The molecule has 108 heavy (non-hydrogen) atoms. The molecule has 1 aliphatic carbocycles. The summed E-state index contributed by atoms with van der Waals surface area (Å²) in [5.41, 5.74) is -7.27. The van der Waals surface area contributed by atoms with Gasteiger partial charge in [-0.15, -0.1) is 0 Å². The van der Waals surface area contributed by atoms with Crippen LogP contribution in [0, 0.1) is 73.2 Å². The van der Waals surface area contributed by atoms with Crippen LogP contribution in [-0.2, 0) is 14.4 Å². The van der Waals surface area contributed by atoms with E-state index in [-0.39, 0.29) is 65.3 Å². The molecule has 554 valence electrons. The summed E-state index contributed by atoms with van der Waals surface area (Å²) in [4.78, 5) is 108. The lowest BCUT2D eigenvalue weighted by molar-refractivity contribution is -0.306. The number of aromatic hydroxyl groups is 3. The number of carboxylic acid groups (broad SMARTS) is 1. The van der Waals surface area contributed by atoms with Crippen molar-refractivity contribution in [2.45, 2.75) is 71.3 Å². The van der Waals surface area contributed by atoms with Crippen molar-refractivity contribution in [1.82, 2.24) is 18.2 Å². The third kappa shape index (κ3) is 11.7. The molecule has 17 nitrogen and oxygen atoms in total. The Morgan fingerprint density at radius 2 is 0.852 bits per heavy atom. The summed E-state index contributed by atoms with van der Waals surface area (Å²) >= 11 is 50.6. The molecule has 4 heterocycles. The van der Waals surface area contributed by atoms with E-state index in [4.69, 9.17) is 103 Å². The van der Waals surface area contributed by atoms with Crippen LogP contribution in [0.25, 0.3) is 38.3 Å². The highest BCUT2D eigenvalue weighted by molar-refractivity contribution is 6.44. The number of carbonyl (C=O) groups is 7. The van der Waals surface area contributed by atoms with Crippen LogP contribution in [-0.4, -0.2) is 70.5 Å². The number of aromatic nitrogens is 3. The van der Waals surface area contributed by atoms with E-state index in [0.717, 1.165) is 86.0 Å². The lowest BCUT2D eigenvalue weighted by atomic mass is 9.83. The molecular formula is C75H45Cl8F8N5O12. The third-order valence-electron chi connectivity index (χ3n) is 19.9.